The summed E-state index contributed by atoms with van der Waals surface area (Å²) in [4.78, 5) is 34.9. The van der Waals surface area contributed by atoms with Crippen LogP contribution in [0, 0.1) is 0 Å². The SMILES string of the molecule is COc1cc(/C=C/c2ccc(OC(=O)OCCNC(=O)C(CCSC)NC(=O)O)cc2)cc(OC)c1. The van der Waals surface area contributed by atoms with Gasteiger partial charge in [0.25, 0.3) is 0 Å². The van der Waals surface area contributed by atoms with Gasteiger partial charge < -0.3 is 34.7 Å². The van der Waals surface area contributed by atoms with Crippen LogP contribution in [0.1, 0.15) is 17.5 Å². The van der Waals surface area contributed by atoms with E-state index in [4.69, 9.17) is 24.1 Å². The Morgan fingerprint density at radius 1 is 0.972 bits per heavy atom. The Balaban J connectivity index is 1.79. The highest BCUT2D eigenvalue weighted by Gasteiger charge is 2.19. The number of benzene rings is 2. The van der Waals surface area contributed by atoms with Crippen molar-refractivity contribution in [1.82, 2.24) is 10.6 Å². The number of hydrogen-bond donors (Lipinski definition) is 3. The van der Waals surface area contributed by atoms with E-state index in [0.717, 1.165) is 11.1 Å². The highest BCUT2D eigenvalue weighted by Crippen LogP contribution is 2.24. The molecule has 0 aliphatic carbocycles. The molecule has 0 radical (unpaired) electrons. The molecule has 0 fully saturated rings. The van der Waals surface area contributed by atoms with Gasteiger partial charge in [-0.25, -0.2) is 9.59 Å². The van der Waals surface area contributed by atoms with Crippen molar-refractivity contribution in [3.63, 3.8) is 0 Å². The summed E-state index contributed by atoms with van der Waals surface area (Å²) >= 11 is 1.50. The van der Waals surface area contributed by atoms with E-state index >= 15 is 0 Å². The Morgan fingerprint density at radius 3 is 2.19 bits per heavy atom. The Morgan fingerprint density at radius 2 is 1.61 bits per heavy atom. The topological polar surface area (TPSA) is 132 Å². The zero-order valence-corrected chi connectivity index (χ0v) is 21.1. The molecule has 0 saturated heterocycles. The fraction of sp³-hybridized carbons (Fsp3) is 0.320. The quantitative estimate of drug-likeness (QED) is 0.156. The molecule has 2 amide bonds. The minimum absolute atomic E-state index is 0.0176. The second kappa shape index (κ2) is 15.2. The van der Waals surface area contributed by atoms with Crippen LogP contribution < -0.4 is 24.8 Å². The molecule has 0 heterocycles. The first-order valence-electron chi connectivity index (χ1n) is 11.0. The zero-order valence-electron chi connectivity index (χ0n) is 20.3. The van der Waals surface area contributed by atoms with Gasteiger partial charge in [-0.3, -0.25) is 4.79 Å². The molecule has 11 heteroatoms. The maximum atomic E-state index is 12.1. The Bertz CT molecular complexity index is 1020. The summed E-state index contributed by atoms with van der Waals surface area (Å²) in [6.45, 7) is -0.110. The number of rotatable bonds is 13. The van der Waals surface area contributed by atoms with Crippen LogP contribution >= 0.6 is 11.8 Å². The zero-order chi connectivity index (χ0) is 26.3. The van der Waals surface area contributed by atoms with Gasteiger partial charge in [0.1, 0.15) is 29.9 Å². The molecule has 1 unspecified atom stereocenters. The third-order valence-electron chi connectivity index (χ3n) is 4.77. The molecule has 0 spiro atoms. The minimum atomic E-state index is -1.28. The van der Waals surface area contributed by atoms with Crippen molar-refractivity contribution >= 4 is 42.1 Å². The number of hydrogen-bond acceptors (Lipinski definition) is 8. The van der Waals surface area contributed by atoms with Crippen LogP contribution in [0.3, 0.4) is 0 Å². The summed E-state index contributed by atoms with van der Waals surface area (Å²) < 4.78 is 20.6. The van der Waals surface area contributed by atoms with E-state index < -0.39 is 24.2 Å². The van der Waals surface area contributed by atoms with Crippen molar-refractivity contribution in [2.24, 2.45) is 0 Å². The lowest BCUT2D eigenvalue weighted by atomic mass is 10.1. The molecule has 0 saturated carbocycles. The lowest BCUT2D eigenvalue weighted by Crippen LogP contribution is -2.47. The molecule has 1 atom stereocenters. The van der Waals surface area contributed by atoms with Gasteiger partial charge in [0, 0.05) is 6.07 Å². The first-order valence-corrected chi connectivity index (χ1v) is 12.4. The van der Waals surface area contributed by atoms with Gasteiger partial charge in [0.2, 0.25) is 5.91 Å². The largest absolute Gasteiger partial charge is 0.513 e. The van der Waals surface area contributed by atoms with Gasteiger partial charge in [-0.05, 0) is 53.8 Å². The average molecular weight is 519 g/mol. The average Bonchev–Trinajstić information content (AvgIpc) is 2.88. The van der Waals surface area contributed by atoms with Crippen LogP contribution in [0.2, 0.25) is 0 Å². The molecule has 0 aliphatic heterocycles. The van der Waals surface area contributed by atoms with Crippen LogP contribution in [-0.2, 0) is 9.53 Å². The molecule has 2 rings (SSSR count). The Kier molecular flexibility index (Phi) is 12.0. The molecule has 3 N–H and O–H groups in total. The van der Waals surface area contributed by atoms with Crippen molar-refractivity contribution in [3.05, 3.63) is 53.6 Å². The van der Waals surface area contributed by atoms with Crippen LogP contribution in [0.5, 0.6) is 17.2 Å². The third-order valence-corrected chi connectivity index (χ3v) is 5.41. The highest BCUT2D eigenvalue weighted by atomic mass is 32.2. The number of methoxy groups -OCH3 is 2. The van der Waals surface area contributed by atoms with Crippen molar-refractivity contribution < 1.29 is 38.4 Å². The summed E-state index contributed by atoms with van der Waals surface area (Å²) in [5, 5.41) is 13.6. The Hall–Kier alpha value is -3.86. The molecule has 2 aromatic rings. The third kappa shape index (κ3) is 10.2. The fourth-order valence-electron chi connectivity index (χ4n) is 2.98. The van der Waals surface area contributed by atoms with Crippen molar-refractivity contribution in [2.45, 2.75) is 12.5 Å². The van der Waals surface area contributed by atoms with Gasteiger partial charge >= 0.3 is 12.2 Å². The summed E-state index contributed by atoms with van der Waals surface area (Å²) in [7, 11) is 3.18. The van der Waals surface area contributed by atoms with E-state index in [2.05, 4.69) is 10.6 Å². The van der Waals surface area contributed by atoms with Crippen molar-refractivity contribution in [2.75, 3.05) is 39.4 Å². The van der Waals surface area contributed by atoms with Gasteiger partial charge in [-0.1, -0.05) is 24.3 Å². The highest BCUT2D eigenvalue weighted by molar-refractivity contribution is 7.98. The van der Waals surface area contributed by atoms with Crippen LogP contribution in [0.15, 0.2) is 42.5 Å². The number of nitrogens with one attached hydrogen (secondary N) is 2. The molecular weight excluding hydrogens is 488 g/mol. The first-order chi connectivity index (χ1) is 17.3. The molecule has 10 nitrogen and oxygen atoms in total. The summed E-state index contributed by atoms with van der Waals surface area (Å²) in [5.74, 6) is 1.80. The minimum Gasteiger partial charge on any atom is -0.497 e. The van der Waals surface area contributed by atoms with E-state index in [9.17, 15) is 14.4 Å². The van der Waals surface area contributed by atoms with E-state index in [1.807, 2.05) is 30.5 Å². The summed E-state index contributed by atoms with van der Waals surface area (Å²) in [6, 6.07) is 11.5. The number of ether oxygens (including phenoxy) is 4. The maximum absolute atomic E-state index is 12.1. The van der Waals surface area contributed by atoms with E-state index in [1.54, 1.807) is 44.6 Å². The van der Waals surface area contributed by atoms with Crippen LogP contribution in [0.25, 0.3) is 12.2 Å². The van der Waals surface area contributed by atoms with Gasteiger partial charge in [0.05, 0.1) is 20.8 Å². The predicted octanol–water partition coefficient (Wildman–Crippen LogP) is 3.90. The molecule has 36 heavy (non-hydrogen) atoms. The molecule has 0 aromatic heterocycles. The molecular formula is C25H30N2O8S. The summed E-state index contributed by atoms with van der Waals surface area (Å²) in [5.41, 5.74) is 1.78. The number of amides is 2. The lowest BCUT2D eigenvalue weighted by Gasteiger charge is -2.16. The number of carbonyl (C=O) groups is 3. The van der Waals surface area contributed by atoms with Gasteiger partial charge in [0.15, 0.2) is 0 Å². The van der Waals surface area contributed by atoms with Crippen LogP contribution in [0.4, 0.5) is 9.59 Å². The molecule has 0 bridgehead atoms. The lowest BCUT2D eigenvalue weighted by molar-refractivity contribution is -0.123. The van der Waals surface area contributed by atoms with Gasteiger partial charge in [-0.2, -0.15) is 11.8 Å². The second-order valence-electron chi connectivity index (χ2n) is 7.32. The number of carbonyl (C=O) groups excluding carboxylic acids is 2. The van der Waals surface area contributed by atoms with E-state index in [0.29, 0.717) is 29.4 Å². The predicted molar refractivity (Wildman–Crippen MR) is 138 cm³/mol. The van der Waals surface area contributed by atoms with Crippen LogP contribution in [-0.4, -0.2) is 68.7 Å². The second-order valence-corrected chi connectivity index (χ2v) is 8.31. The van der Waals surface area contributed by atoms with Crippen molar-refractivity contribution in [3.8, 4) is 17.2 Å². The van der Waals surface area contributed by atoms with Crippen molar-refractivity contribution in [1.29, 1.82) is 0 Å². The Labute approximate surface area is 213 Å². The normalized spacial score (nSPS) is 11.4. The maximum Gasteiger partial charge on any atom is 0.513 e. The smallest absolute Gasteiger partial charge is 0.497 e. The fourth-order valence-corrected chi connectivity index (χ4v) is 3.45. The monoisotopic (exact) mass is 518 g/mol. The van der Waals surface area contributed by atoms with E-state index in [1.165, 1.54) is 11.8 Å². The van der Waals surface area contributed by atoms with Gasteiger partial charge in [-0.15, -0.1) is 0 Å². The number of carboxylic acid groups (broad SMARTS) is 1. The first kappa shape index (κ1) is 28.4. The van der Waals surface area contributed by atoms with E-state index in [-0.39, 0.29) is 13.2 Å². The molecule has 2 aromatic carbocycles. The molecule has 0 aliphatic rings. The number of thioether (sulfide) groups is 1. The standard InChI is InChI=1S/C25H30N2O8S/c1-32-20-14-18(15-21(16-20)33-2)5-4-17-6-8-19(9-7-17)35-25(31)34-12-11-26-23(28)22(10-13-36-3)27-24(29)30/h4-9,14-16,22,27H,10-13H2,1-3H3,(H,26,28)(H,29,30)/b5-4+. The summed E-state index contributed by atoms with van der Waals surface area (Å²) in [6.07, 6.45) is 3.81. The molecule has 194 valence electrons.